The van der Waals surface area contributed by atoms with Crippen molar-refractivity contribution in [2.24, 2.45) is 0 Å². The van der Waals surface area contributed by atoms with Gasteiger partial charge < -0.3 is 46.2 Å². The van der Waals surface area contributed by atoms with Gasteiger partial charge in [-0.1, -0.05) is 143 Å². The number of nitrogens with zero attached hydrogens (tertiary/aromatic N) is 4. The highest BCUT2D eigenvalue weighted by molar-refractivity contribution is 9.10. The number of amides is 4. The summed E-state index contributed by atoms with van der Waals surface area (Å²) in [5.74, 6) is -4.33. The van der Waals surface area contributed by atoms with Crippen molar-refractivity contribution < 1.29 is 51.1 Å². The van der Waals surface area contributed by atoms with E-state index >= 15 is 0 Å². The molecule has 9 aromatic carbocycles. The summed E-state index contributed by atoms with van der Waals surface area (Å²) >= 11 is 6.93. The molecule has 3 fully saturated rings. The SMILES string of the molecule is CC(=O)N1CCCN(c2ccc(F)cc2CC(=O)C(Cc2ccccc2)NC(=O)c2ccccc2F)CC1.O=C(NC(Cc1ccccc1)C(=O)Cc1cc(Br)ccc1N1CCNCC1)c1ccccc1F.O=C(NC(Cc1ccccc1)C(=O)Cc1cc(F)ccc1N1CCNCC1)c1ccccc1Br. The van der Waals surface area contributed by atoms with E-state index in [4.69, 9.17) is 0 Å². The van der Waals surface area contributed by atoms with Gasteiger partial charge in [0.15, 0.2) is 17.3 Å². The molecule has 0 spiro atoms. The van der Waals surface area contributed by atoms with Crippen molar-refractivity contribution in [2.75, 3.05) is 93.2 Å². The first-order chi connectivity index (χ1) is 51.3. The average molecular weight is 1570 g/mol. The zero-order chi connectivity index (χ0) is 74.9. The highest BCUT2D eigenvalue weighted by atomic mass is 79.9. The molecule has 3 saturated heterocycles. The summed E-state index contributed by atoms with van der Waals surface area (Å²) in [5.41, 5.74) is 7.59. The van der Waals surface area contributed by atoms with E-state index in [-0.39, 0.29) is 71.8 Å². The molecular formula is C84H85Br2F4N9O7. The summed E-state index contributed by atoms with van der Waals surface area (Å²) in [7, 11) is 0. The summed E-state index contributed by atoms with van der Waals surface area (Å²) in [6, 6.07) is 59.3. The third-order valence-corrected chi connectivity index (χ3v) is 19.9. The molecule has 3 aliphatic rings. The molecule has 0 aliphatic carbocycles. The van der Waals surface area contributed by atoms with Crippen molar-refractivity contribution in [1.29, 1.82) is 0 Å². The molecule has 16 nitrogen and oxygen atoms in total. The molecule has 4 amide bonds. The molecule has 550 valence electrons. The molecule has 0 saturated carbocycles. The molecule has 9 aromatic rings. The smallest absolute Gasteiger partial charge is 0.254 e. The Labute approximate surface area is 632 Å². The maximum absolute atomic E-state index is 14.3. The number of benzene rings is 9. The maximum atomic E-state index is 14.3. The predicted molar refractivity (Wildman–Crippen MR) is 413 cm³/mol. The van der Waals surface area contributed by atoms with Crippen molar-refractivity contribution in [3.63, 3.8) is 0 Å². The lowest BCUT2D eigenvalue weighted by Crippen LogP contribution is -2.45. The lowest BCUT2D eigenvalue weighted by Gasteiger charge is -2.31. The molecule has 5 N–H and O–H groups in total. The summed E-state index contributed by atoms with van der Waals surface area (Å²) in [6.07, 6.45) is 1.72. The van der Waals surface area contributed by atoms with Crippen LogP contribution in [0.5, 0.6) is 0 Å². The second-order valence-electron chi connectivity index (χ2n) is 26.2. The summed E-state index contributed by atoms with van der Waals surface area (Å²) in [5, 5.41) is 15.1. The van der Waals surface area contributed by atoms with Gasteiger partial charge in [-0.25, -0.2) is 17.6 Å². The fourth-order valence-electron chi connectivity index (χ4n) is 13.2. The average Bonchev–Trinajstić information content (AvgIpc) is 0.842. The van der Waals surface area contributed by atoms with Crippen LogP contribution in [0.4, 0.5) is 34.6 Å². The normalized spacial score (nSPS) is 14.5. The second-order valence-corrected chi connectivity index (χ2v) is 27.9. The van der Waals surface area contributed by atoms with Crippen LogP contribution < -0.4 is 41.3 Å². The first-order valence-corrected chi connectivity index (χ1v) is 37.1. The van der Waals surface area contributed by atoms with Crippen LogP contribution in [-0.4, -0.2) is 143 Å². The fourth-order valence-corrected chi connectivity index (χ4v) is 14.0. The van der Waals surface area contributed by atoms with E-state index in [0.717, 1.165) is 103 Å². The molecule has 3 heterocycles. The van der Waals surface area contributed by atoms with Gasteiger partial charge in [-0.3, -0.25) is 33.6 Å². The molecule has 106 heavy (non-hydrogen) atoms. The molecule has 3 unspecified atom stereocenters. The van der Waals surface area contributed by atoms with E-state index in [1.54, 1.807) is 54.3 Å². The monoisotopic (exact) mass is 1570 g/mol. The van der Waals surface area contributed by atoms with E-state index in [0.29, 0.717) is 60.2 Å². The Morgan fingerprint density at radius 3 is 1.13 bits per heavy atom. The Bertz CT molecular complexity index is 4310. The maximum Gasteiger partial charge on any atom is 0.254 e. The number of rotatable bonds is 24. The van der Waals surface area contributed by atoms with Gasteiger partial charge in [-0.2, -0.15) is 0 Å². The first-order valence-electron chi connectivity index (χ1n) is 35.5. The minimum atomic E-state index is -0.946. The van der Waals surface area contributed by atoms with Gasteiger partial charge in [0.05, 0.1) is 34.8 Å². The summed E-state index contributed by atoms with van der Waals surface area (Å²) < 4.78 is 58.5. The zero-order valence-electron chi connectivity index (χ0n) is 58.9. The number of halogens is 6. The Morgan fingerprint density at radius 1 is 0.387 bits per heavy atom. The number of carbonyl (C=O) groups is 7. The Hall–Kier alpha value is -10.1. The molecule has 0 bridgehead atoms. The Morgan fingerprint density at radius 2 is 0.736 bits per heavy atom. The summed E-state index contributed by atoms with van der Waals surface area (Å²) in [4.78, 5) is 99.7. The van der Waals surface area contributed by atoms with E-state index in [1.807, 2.05) is 115 Å². The van der Waals surface area contributed by atoms with Gasteiger partial charge in [-0.15, -0.1) is 0 Å². The Kier molecular flexibility index (Phi) is 29.1. The Balaban J connectivity index is 0.000000170. The molecule has 0 radical (unpaired) electrons. The number of piperazine rings is 2. The minimum Gasteiger partial charge on any atom is -0.369 e. The highest BCUT2D eigenvalue weighted by Crippen LogP contribution is 2.30. The molecule has 12 rings (SSSR count). The van der Waals surface area contributed by atoms with E-state index in [2.05, 4.69) is 73.1 Å². The van der Waals surface area contributed by atoms with E-state index < -0.39 is 47.4 Å². The molecular weight excluding hydrogens is 1480 g/mol. The van der Waals surface area contributed by atoms with Gasteiger partial charge in [0.2, 0.25) is 5.91 Å². The number of hydrogen-bond donors (Lipinski definition) is 5. The third kappa shape index (κ3) is 22.7. The van der Waals surface area contributed by atoms with Gasteiger partial charge in [-0.05, 0) is 166 Å². The van der Waals surface area contributed by atoms with Gasteiger partial charge in [0, 0.05) is 131 Å². The van der Waals surface area contributed by atoms with Crippen LogP contribution in [0.2, 0.25) is 0 Å². The number of Topliss-reactive ketones (excluding diaryl/α,β-unsaturated/α-hetero) is 3. The van der Waals surface area contributed by atoms with Crippen molar-refractivity contribution in [3.8, 4) is 0 Å². The second kappa shape index (κ2) is 39.3. The first kappa shape index (κ1) is 78.5. The molecule has 3 atom stereocenters. The van der Waals surface area contributed by atoms with Crippen LogP contribution in [0.3, 0.4) is 0 Å². The third-order valence-electron chi connectivity index (χ3n) is 18.7. The topological polar surface area (TPSA) is 193 Å². The zero-order valence-corrected chi connectivity index (χ0v) is 62.0. The lowest BCUT2D eigenvalue weighted by atomic mass is 9.96. The largest absolute Gasteiger partial charge is 0.369 e. The number of nitrogens with one attached hydrogen (secondary N) is 5. The van der Waals surface area contributed by atoms with Crippen molar-refractivity contribution in [1.82, 2.24) is 31.5 Å². The van der Waals surface area contributed by atoms with Crippen LogP contribution in [-0.2, 0) is 57.7 Å². The van der Waals surface area contributed by atoms with Crippen molar-refractivity contribution in [3.05, 3.63) is 301 Å². The quantitative estimate of drug-likeness (QED) is 0.0360. The van der Waals surface area contributed by atoms with Crippen LogP contribution in [0.1, 0.15) is 77.8 Å². The van der Waals surface area contributed by atoms with Crippen molar-refractivity contribution >= 4 is 89.9 Å². The van der Waals surface area contributed by atoms with Crippen LogP contribution in [0, 0.1) is 23.3 Å². The van der Waals surface area contributed by atoms with E-state index in [9.17, 15) is 51.1 Å². The molecule has 3 aliphatic heterocycles. The fraction of sp³-hybridized carbons (Fsp3) is 0.274. The standard InChI is InChI=1S/C30H31F2N3O3.2C27H27BrFN3O2/c1-21(36)34-14-7-15-35(17-16-34)28-13-12-24(31)19-23(28)20-29(37)27(18-22-8-3-2-4-9-22)33-30(38)25-10-5-6-11-26(25)32;28-23-9-5-4-8-22(23)27(34)31-24(16-19-6-2-1-3-7-19)26(33)18-20-17-21(29)10-11-25(20)32-14-12-30-13-15-32;28-21-10-11-25(32-14-12-30-13-15-32)20(17-21)18-26(33)24(16-19-6-2-1-3-7-19)31-27(34)22-8-4-5-9-23(22)29/h2-6,8-13,19,27H,7,14-18,20H2,1H3,(H,33,38);2*1-11,17,24,30H,12-16,18H2,(H,31,34). The number of carbonyl (C=O) groups excluding carboxylic acids is 7. The lowest BCUT2D eigenvalue weighted by molar-refractivity contribution is -0.128. The van der Waals surface area contributed by atoms with Crippen LogP contribution >= 0.6 is 31.9 Å². The molecule has 22 heteroatoms. The number of ketones is 3. The number of hydrogen-bond acceptors (Lipinski definition) is 12. The van der Waals surface area contributed by atoms with Crippen LogP contribution in [0.25, 0.3) is 0 Å². The van der Waals surface area contributed by atoms with E-state index in [1.165, 1.54) is 60.7 Å². The summed E-state index contributed by atoms with van der Waals surface area (Å²) in [6.45, 7) is 10.7. The van der Waals surface area contributed by atoms with Gasteiger partial charge >= 0.3 is 0 Å². The van der Waals surface area contributed by atoms with Crippen LogP contribution in [0.15, 0.2) is 227 Å². The van der Waals surface area contributed by atoms with Gasteiger partial charge in [0.25, 0.3) is 17.7 Å². The number of anilines is 3. The molecule has 0 aromatic heterocycles. The van der Waals surface area contributed by atoms with Gasteiger partial charge in [0.1, 0.15) is 23.3 Å². The minimum absolute atomic E-state index is 0.00991. The highest BCUT2D eigenvalue weighted by Gasteiger charge is 2.30. The predicted octanol–water partition coefficient (Wildman–Crippen LogP) is 12.5. The van der Waals surface area contributed by atoms with Crippen molar-refractivity contribution in [2.45, 2.75) is 70.0 Å².